The molecule has 0 radical (unpaired) electrons. The lowest BCUT2D eigenvalue weighted by Crippen LogP contribution is -2.23. The Hall–Kier alpha value is -1.38. The molecule has 1 fully saturated rings. The van der Waals surface area contributed by atoms with E-state index < -0.39 is 0 Å². The number of hydrogen-bond acceptors (Lipinski definition) is 3. The Bertz CT molecular complexity index is 300. The largest absolute Gasteiger partial charge is 0.489 e. The number of ether oxygens (including phenoxy) is 1. The van der Waals surface area contributed by atoms with E-state index in [4.69, 9.17) is 4.74 Å². The van der Waals surface area contributed by atoms with Crippen molar-refractivity contribution in [1.82, 2.24) is 4.98 Å². The van der Waals surface area contributed by atoms with Crippen molar-refractivity contribution in [2.45, 2.75) is 31.8 Å². The Kier molecular flexibility index (Phi) is 2.77. The maximum atomic E-state index is 11.0. The molecule has 3 heteroatoms. The minimum atomic E-state index is 0.192. The van der Waals surface area contributed by atoms with Crippen molar-refractivity contribution in [3.63, 3.8) is 0 Å². The Morgan fingerprint density at radius 2 is 2.14 bits per heavy atom. The van der Waals surface area contributed by atoms with E-state index in [9.17, 15) is 4.79 Å². The summed E-state index contributed by atoms with van der Waals surface area (Å²) in [6.07, 6.45) is 6.61. The molecule has 1 heterocycles. The molecule has 0 unspecified atom stereocenters. The number of rotatable bonds is 2. The number of pyridine rings is 1. The highest BCUT2D eigenvalue weighted by Gasteiger charge is 2.19. The molecule has 0 atom stereocenters. The van der Waals surface area contributed by atoms with Crippen LogP contribution in [0.15, 0.2) is 24.5 Å². The molecule has 0 spiro atoms. The van der Waals surface area contributed by atoms with E-state index in [1.165, 1.54) is 0 Å². The molecule has 0 aliphatic heterocycles. The van der Waals surface area contributed by atoms with Crippen LogP contribution in [-0.2, 0) is 4.79 Å². The summed E-state index contributed by atoms with van der Waals surface area (Å²) in [5.41, 5.74) is 0. The van der Waals surface area contributed by atoms with Crippen LogP contribution in [0.5, 0.6) is 5.75 Å². The Morgan fingerprint density at radius 1 is 1.36 bits per heavy atom. The predicted octanol–water partition coefficient (Wildman–Crippen LogP) is 1.97. The fourth-order valence-electron chi connectivity index (χ4n) is 1.64. The lowest BCUT2D eigenvalue weighted by molar-refractivity contribution is -0.121. The smallest absolute Gasteiger partial charge is 0.137 e. The van der Waals surface area contributed by atoms with Gasteiger partial charge in [-0.2, -0.15) is 0 Å². The molecule has 0 bridgehead atoms. The molecular weight excluding hydrogens is 178 g/mol. The van der Waals surface area contributed by atoms with Crippen LogP contribution in [0.1, 0.15) is 25.7 Å². The van der Waals surface area contributed by atoms with Gasteiger partial charge in [-0.05, 0) is 25.0 Å². The van der Waals surface area contributed by atoms with Crippen molar-refractivity contribution >= 4 is 5.78 Å². The molecule has 1 aromatic rings. The molecule has 0 N–H and O–H groups in total. The quantitative estimate of drug-likeness (QED) is 0.717. The number of nitrogens with zero attached hydrogens (tertiary/aromatic N) is 1. The summed E-state index contributed by atoms with van der Waals surface area (Å²) in [4.78, 5) is 15.0. The van der Waals surface area contributed by atoms with E-state index in [0.717, 1.165) is 18.6 Å². The van der Waals surface area contributed by atoms with Crippen molar-refractivity contribution in [2.75, 3.05) is 0 Å². The summed E-state index contributed by atoms with van der Waals surface area (Å²) < 4.78 is 5.69. The van der Waals surface area contributed by atoms with Crippen LogP contribution in [0.2, 0.25) is 0 Å². The summed E-state index contributed by atoms with van der Waals surface area (Å²) >= 11 is 0. The van der Waals surface area contributed by atoms with E-state index in [-0.39, 0.29) is 6.10 Å². The van der Waals surface area contributed by atoms with Gasteiger partial charge in [0.25, 0.3) is 0 Å². The summed E-state index contributed by atoms with van der Waals surface area (Å²) in [6.45, 7) is 0. The van der Waals surface area contributed by atoms with Gasteiger partial charge in [0.2, 0.25) is 0 Å². The van der Waals surface area contributed by atoms with Gasteiger partial charge in [-0.25, -0.2) is 0 Å². The second kappa shape index (κ2) is 4.22. The van der Waals surface area contributed by atoms with Crippen LogP contribution < -0.4 is 4.74 Å². The van der Waals surface area contributed by atoms with Gasteiger partial charge < -0.3 is 4.74 Å². The molecule has 14 heavy (non-hydrogen) atoms. The van der Waals surface area contributed by atoms with Gasteiger partial charge in [0.1, 0.15) is 11.5 Å². The number of Topliss-reactive ketones (excluding diaryl/α,β-unsaturated/α-hetero) is 1. The molecule has 0 amide bonds. The minimum absolute atomic E-state index is 0.192. The first-order valence-electron chi connectivity index (χ1n) is 4.93. The number of hydrogen-bond donors (Lipinski definition) is 0. The molecule has 2 rings (SSSR count). The zero-order chi connectivity index (χ0) is 9.80. The van der Waals surface area contributed by atoms with Gasteiger partial charge in [0.05, 0.1) is 12.3 Å². The highest BCUT2D eigenvalue weighted by Crippen LogP contribution is 2.20. The van der Waals surface area contributed by atoms with Gasteiger partial charge in [0, 0.05) is 19.0 Å². The molecule has 0 saturated heterocycles. The van der Waals surface area contributed by atoms with Crippen molar-refractivity contribution in [3.05, 3.63) is 24.5 Å². The molecule has 74 valence electrons. The van der Waals surface area contributed by atoms with Gasteiger partial charge in [-0.15, -0.1) is 0 Å². The van der Waals surface area contributed by atoms with Crippen LogP contribution in [0.4, 0.5) is 0 Å². The van der Waals surface area contributed by atoms with E-state index in [1.807, 2.05) is 12.1 Å². The molecular formula is C11H13NO2. The third-order valence-electron chi connectivity index (χ3n) is 2.43. The van der Waals surface area contributed by atoms with Crippen molar-refractivity contribution in [3.8, 4) is 5.75 Å². The number of aromatic nitrogens is 1. The average Bonchev–Trinajstić information content (AvgIpc) is 2.23. The van der Waals surface area contributed by atoms with Gasteiger partial charge >= 0.3 is 0 Å². The van der Waals surface area contributed by atoms with Crippen molar-refractivity contribution in [1.29, 1.82) is 0 Å². The third-order valence-corrected chi connectivity index (χ3v) is 2.43. The zero-order valence-electron chi connectivity index (χ0n) is 7.98. The Labute approximate surface area is 83.1 Å². The van der Waals surface area contributed by atoms with E-state index in [0.29, 0.717) is 18.6 Å². The third kappa shape index (κ3) is 2.31. The normalized spacial score (nSPS) is 18.1. The topological polar surface area (TPSA) is 39.2 Å². The van der Waals surface area contributed by atoms with Crippen LogP contribution in [-0.4, -0.2) is 16.9 Å². The summed E-state index contributed by atoms with van der Waals surface area (Å²) in [5.74, 6) is 1.16. The standard InChI is InChI=1S/C11H13NO2/c13-9-3-5-10(6-4-9)14-11-2-1-7-12-8-11/h1-2,7-8,10H,3-6H2. The van der Waals surface area contributed by atoms with Crippen LogP contribution >= 0.6 is 0 Å². The van der Waals surface area contributed by atoms with Gasteiger partial charge in [0.15, 0.2) is 0 Å². The molecule has 1 aliphatic carbocycles. The predicted molar refractivity (Wildman–Crippen MR) is 52.1 cm³/mol. The highest BCUT2D eigenvalue weighted by atomic mass is 16.5. The summed E-state index contributed by atoms with van der Waals surface area (Å²) in [5, 5.41) is 0. The summed E-state index contributed by atoms with van der Waals surface area (Å²) in [7, 11) is 0. The second-order valence-electron chi connectivity index (χ2n) is 3.54. The van der Waals surface area contributed by atoms with Gasteiger partial charge in [-0.3, -0.25) is 9.78 Å². The SMILES string of the molecule is O=C1CCC(Oc2cccnc2)CC1. The first-order valence-corrected chi connectivity index (χ1v) is 4.93. The van der Waals surface area contributed by atoms with Crippen LogP contribution in [0, 0.1) is 0 Å². The minimum Gasteiger partial charge on any atom is -0.489 e. The molecule has 1 saturated carbocycles. The molecule has 1 aliphatic rings. The fourth-order valence-corrected chi connectivity index (χ4v) is 1.64. The Balaban J connectivity index is 1.89. The van der Waals surface area contributed by atoms with Gasteiger partial charge in [-0.1, -0.05) is 0 Å². The second-order valence-corrected chi connectivity index (χ2v) is 3.54. The van der Waals surface area contributed by atoms with Crippen LogP contribution in [0.25, 0.3) is 0 Å². The van der Waals surface area contributed by atoms with E-state index in [2.05, 4.69) is 4.98 Å². The maximum Gasteiger partial charge on any atom is 0.137 e. The Morgan fingerprint density at radius 3 is 2.79 bits per heavy atom. The average molecular weight is 191 g/mol. The fraction of sp³-hybridized carbons (Fsp3) is 0.455. The van der Waals surface area contributed by atoms with E-state index >= 15 is 0 Å². The van der Waals surface area contributed by atoms with E-state index in [1.54, 1.807) is 12.4 Å². The zero-order valence-corrected chi connectivity index (χ0v) is 7.98. The molecule has 3 nitrogen and oxygen atoms in total. The highest BCUT2D eigenvalue weighted by molar-refractivity contribution is 5.79. The maximum absolute atomic E-state index is 11.0. The van der Waals surface area contributed by atoms with Crippen molar-refractivity contribution in [2.24, 2.45) is 0 Å². The summed E-state index contributed by atoms with van der Waals surface area (Å²) in [6, 6.07) is 3.74. The first-order chi connectivity index (χ1) is 6.84. The van der Waals surface area contributed by atoms with Crippen molar-refractivity contribution < 1.29 is 9.53 Å². The molecule has 1 aromatic heterocycles. The lowest BCUT2D eigenvalue weighted by atomic mass is 9.96. The number of ketones is 1. The number of carbonyl (C=O) groups excluding carboxylic acids is 1. The first kappa shape index (κ1) is 9.19. The van der Waals surface area contributed by atoms with Crippen LogP contribution in [0.3, 0.4) is 0 Å². The molecule has 0 aromatic carbocycles. The number of carbonyl (C=O) groups is 1. The monoisotopic (exact) mass is 191 g/mol. The lowest BCUT2D eigenvalue weighted by Gasteiger charge is -2.21.